The number of carbonyl (C=O) groups excluding carboxylic acids is 2. The fraction of sp³-hybridized carbons (Fsp3) is 0.810. The second-order valence-electron chi connectivity index (χ2n) is 9.02. The quantitative estimate of drug-likeness (QED) is 0.726. The number of amides is 2. The van der Waals surface area contributed by atoms with Crippen LogP contribution in [0.1, 0.15) is 57.8 Å². The molecule has 8 nitrogen and oxygen atoms in total. The number of anilines is 2. The molecule has 1 atom stereocenters. The van der Waals surface area contributed by atoms with Crippen LogP contribution in [0.2, 0.25) is 0 Å². The monoisotopic (exact) mass is 432 g/mol. The van der Waals surface area contributed by atoms with E-state index in [1.807, 2.05) is 0 Å². The van der Waals surface area contributed by atoms with Crippen LogP contribution in [-0.4, -0.2) is 83.2 Å². The summed E-state index contributed by atoms with van der Waals surface area (Å²) in [6.07, 6.45) is 9.55. The summed E-state index contributed by atoms with van der Waals surface area (Å²) < 4.78 is 0. The highest BCUT2D eigenvalue weighted by Gasteiger charge is 2.38. The third-order valence-electron chi connectivity index (χ3n) is 7.17. The van der Waals surface area contributed by atoms with Gasteiger partial charge >= 0.3 is 0 Å². The van der Waals surface area contributed by atoms with Gasteiger partial charge in [0.05, 0.1) is 0 Å². The molecule has 1 aromatic rings. The summed E-state index contributed by atoms with van der Waals surface area (Å²) in [5.74, 6) is 0.377. The molecular weight excluding hydrogens is 400 g/mol. The largest absolute Gasteiger partial charge is 0.341 e. The molecule has 0 bridgehead atoms. The van der Waals surface area contributed by atoms with Crippen molar-refractivity contribution in [2.75, 3.05) is 49.1 Å². The fourth-order valence-corrected chi connectivity index (χ4v) is 6.45. The molecule has 9 heteroatoms. The second-order valence-corrected chi connectivity index (χ2v) is 9.96. The number of piperidine rings is 2. The van der Waals surface area contributed by atoms with Gasteiger partial charge in [-0.2, -0.15) is 0 Å². The van der Waals surface area contributed by atoms with Gasteiger partial charge in [0, 0.05) is 38.6 Å². The van der Waals surface area contributed by atoms with Crippen LogP contribution >= 0.6 is 11.3 Å². The highest BCUT2D eigenvalue weighted by Crippen LogP contribution is 2.34. The molecule has 0 aliphatic carbocycles. The molecule has 4 fully saturated rings. The number of hydrogen-bond donors (Lipinski definition) is 0. The molecule has 4 aliphatic rings. The van der Waals surface area contributed by atoms with Gasteiger partial charge in [-0.05, 0) is 58.0 Å². The Kier molecular flexibility index (Phi) is 5.91. The Bertz CT molecular complexity index is 771. The van der Waals surface area contributed by atoms with Crippen LogP contribution in [0.4, 0.5) is 10.3 Å². The SMILES string of the molecule is O=C([C@H]1CCCN1c1nnc(N2CCCC2=O)s1)N1CCC(N2CCCCC2)CC1. The van der Waals surface area contributed by atoms with Gasteiger partial charge in [0.2, 0.25) is 22.1 Å². The Morgan fingerprint density at radius 2 is 1.60 bits per heavy atom. The maximum atomic E-state index is 13.3. The second kappa shape index (κ2) is 8.78. The molecule has 2 amide bonds. The molecular formula is C21H32N6O2S. The van der Waals surface area contributed by atoms with Crippen molar-refractivity contribution in [2.45, 2.75) is 69.9 Å². The predicted molar refractivity (Wildman–Crippen MR) is 117 cm³/mol. The summed E-state index contributed by atoms with van der Waals surface area (Å²) in [6, 6.07) is 0.518. The van der Waals surface area contributed by atoms with Crippen molar-refractivity contribution in [3.8, 4) is 0 Å². The van der Waals surface area contributed by atoms with E-state index < -0.39 is 0 Å². The standard InChI is InChI=1S/C21H32N6O2S/c28-18-7-5-13-27(18)21-23-22-20(30-21)26-12-4-6-17(26)19(29)25-14-8-16(9-15-25)24-10-2-1-3-11-24/h16-17H,1-15H2/t17-/m1/s1. The van der Waals surface area contributed by atoms with Crippen LogP contribution in [0.15, 0.2) is 0 Å². The van der Waals surface area contributed by atoms with Gasteiger partial charge in [0.15, 0.2) is 0 Å². The van der Waals surface area contributed by atoms with Gasteiger partial charge in [-0.3, -0.25) is 14.5 Å². The maximum Gasteiger partial charge on any atom is 0.245 e. The Labute approximate surface area is 182 Å². The lowest BCUT2D eigenvalue weighted by Crippen LogP contribution is -2.52. The van der Waals surface area contributed by atoms with Gasteiger partial charge in [0.1, 0.15) is 6.04 Å². The smallest absolute Gasteiger partial charge is 0.245 e. The van der Waals surface area contributed by atoms with Gasteiger partial charge in [-0.15, -0.1) is 10.2 Å². The zero-order valence-electron chi connectivity index (χ0n) is 17.7. The molecule has 4 saturated heterocycles. The van der Waals surface area contributed by atoms with E-state index in [9.17, 15) is 9.59 Å². The number of likely N-dealkylation sites (tertiary alicyclic amines) is 2. The molecule has 5 heterocycles. The van der Waals surface area contributed by atoms with E-state index in [0.717, 1.165) is 63.4 Å². The van der Waals surface area contributed by atoms with E-state index in [1.54, 1.807) is 4.90 Å². The number of rotatable bonds is 4. The summed E-state index contributed by atoms with van der Waals surface area (Å²) in [4.78, 5) is 33.9. The van der Waals surface area contributed by atoms with Gasteiger partial charge in [-0.1, -0.05) is 17.8 Å². The maximum absolute atomic E-state index is 13.3. The molecule has 0 unspecified atom stereocenters. The third kappa shape index (κ3) is 3.93. The summed E-state index contributed by atoms with van der Waals surface area (Å²) in [7, 11) is 0. The first-order valence-electron chi connectivity index (χ1n) is 11.6. The lowest BCUT2D eigenvalue weighted by molar-refractivity contribution is -0.134. The number of hydrogen-bond acceptors (Lipinski definition) is 7. The van der Waals surface area contributed by atoms with Crippen LogP contribution < -0.4 is 9.80 Å². The molecule has 0 N–H and O–H groups in total. The first-order chi connectivity index (χ1) is 14.7. The van der Waals surface area contributed by atoms with Crippen LogP contribution in [-0.2, 0) is 9.59 Å². The van der Waals surface area contributed by atoms with Crippen molar-refractivity contribution < 1.29 is 9.59 Å². The van der Waals surface area contributed by atoms with Crippen molar-refractivity contribution in [3.63, 3.8) is 0 Å². The molecule has 5 rings (SSSR count). The Hall–Kier alpha value is -1.74. The highest BCUT2D eigenvalue weighted by atomic mass is 32.1. The zero-order chi connectivity index (χ0) is 20.5. The van der Waals surface area contributed by atoms with Crippen molar-refractivity contribution in [1.29, 1.82) is 0 Å². The van der Waals surface area contributed by atoms with E-state index in [-0.39, 0.29) is 17.9 Å². The molecule has 30 heavy (non-hydrogen) atoms. The van der Waals surface area contributed by atoms with E-state index in [4.69, 9.17) is 0 Å². The first kappa shape index (κ1) is 20.2. The normalized spacial score (nSPS) is 26.7. The summed E-state index contributed by atoms with van der Waals surface area (Å²) in [5, 5.41) is 10.1. The van der Waals surface area contributed by atoms with Crippen molar-refractivity contribution in [2.24, 2.45) is 0 Å². The Balaban J connectivity index is 1.20. The third-order valence-corrected chi connectivity index (χ3v) is 8.16. The van der Waals surface area contributed by atoms with E-state index >= 15 is 0 Å². The van der Waals surface area contributed by atoms with Crippen molar-refractivity contribution in [1.82, 2.24) is 20.0 Å². The molecule has 164 valence electrons. The molecule has 0 saturated carbocycles. The topological polar surface area (TPSA) is 72.9 Å². The van der Waals surface area contributed by atoms with E-state index in [0.29, 0.717) is 17.6 Å². The van der Waals surface area contributed by atoms with Crippen molar-refractivity contribution >= 4 is 33.4 Å². The van der Waals surface area contributed by atoms with Crippen molar-refractivity contribution in [3.05, 3.63) is 0 Å². The van der Waals surface area contributed by atoms with E-state index in [2.05, 4.69) is 24.9 Å². The minimum Gasteiger partial charge on any atom is -0.341 e. The Morgan fingerprint density at radius 1 is 0.833 bits per heavy atom. The van der Waals surface area contributed by atoms with Crippen LogP contribution in [0, 0.1) is 0 Å². The molecule has 0 spiro atoms. The Morgan fingerprint density at radius 3 is 2.33 bits per heavy atom. The molecule has 0 radical (unpaired) electrons. The highest BCUT2D eigenvalue weighted by molar-refractivity contribution is 7.19. The number of aromatic nitrogens is 2. The first-order valence-corrected chi connectivity index (χ1v) is 12.5. The summed E-state index contributed by atoms with van der Waals surface area (Å²) >= 11 is 1.45. The molecule has 1 aromatic heterocycles. The number of nitrogens with zero attached hydrogens (tertiary/aromatic N) is 6. The van der Waals surface area contributed by atoms with Gasteiger partial charge < -0.3 is 14.7 Å². The lowest BCUT2D eigenvalue weighted by Gasteiger charge is -2.41. The van der Waals surface area contributed by atoms with Gasteiger partial charge in [0.25, 0.3) is 0 Å². The van der Waals surface area contributed by atoms with E-state index in [1.165, 1.54) is 43.7 Å². The lowest BCUT2D eigenvalue weighted by atomic mass is 9.99. The molecule has 0 aromatic carbocycles. The minimum atomic E-state index is -0.133. The summed E-state index contributed by atoms with van der Waals surface area (Å²) in [6.45, 7) is 5.76. The van der Waals surface area contributed by atoms with Crippen LogP contribution in [0.3, 0.4) is 0 Å². The summed E-state index contributed by atoms with van der Waals surface area (Å²) in [5.41, 5.74) is 0. The average molecular weight is 433 g/mol. The minimum absolute atomic E-state index is 0.128. The van der Waals surface area contributed by atoms with Crippen LogP contribution in [0.25, 0.3) is 0 Å². The number of carbonyl (C=O) groups is 2. The zero-order valence-corrected chi connectivity index (χ0v) is 18.5. The fourth-order valence-electron chi connectivity index (χ4n) is 5.48. The molecule has 4 aliphatic heterocycles. The van der Waals surface area contributed by atoms with Crippen LogP contribution in [0.5, 0.6) is 0 Å². The van der Waals surface area contributed by atoms with Gasteiger partial charge in [-0.25, -0.2) is 0 Å². The predicted octanol–water partition coefficient (Wildman–Crippen LogP) is 2.11. The average Bonchev–Trinajstić information content (AvgIpc) is 3.54.